The maximum Gasteiger partial charge on any atom is 0.243 e. The van der Waals surface area contributed by atoms with E-state index in [4.69, 9.17) is 16.3 Å². The fourth-order valence-corrected chi connectivity index (χ4v) is 4.81. The summed E-state index contributed by atoms with van der Waals surface area (Å²) in [4.78, 5) is 15.1. The standard InChI is InChI=1S/C22H28ClN3O4S/c1-17(26(31(2,28)29)21-9-7-20(23)8-10-21)22(27)24-15-18-3-5-19(6-4-18)16-25-11-13-30-14-12-25/h3-10,17H,11-16H2,1-2H3,(H,24,27)/t17-/m0/s1. The van der Waals surface area contributed by atoms with Crippen LogP contribution in [0, 0.1) is 0 Å². The number of benzene rings is 2. The second-order valence-corrected chi connectivity index (χ2v) is 9.93. The molecular formula is C22H28ClN3O4S. The molecule has 1 aliphatic heterocycles. The Labute approximate surface area is 189 Å². The topological polar surface area (TPSA) is 79.0 Å². The van der Waals surface area contributed by atoms with Crippen LogP contribution in [-0.4, -0.2) is 57.8 Å². The largest absolute Gasteiger partial charge is 0.379 e. The van der Waals surface area contributed by atoms with E-state index in [1.807, 2.05) is 12.1 Å². The first-order chi connectivity index (χ1) is 14.7. The highest BCUT2D eigenvalue weighted by Gasteiger charge is 2.28. The van der Waals surface area contributed by atoms with Gasteiger partial charge in [0.25, 0.3) is 0 Å². The zero-order valence-corrected chi connectivity index (χ0v) is 19.3. The van der Waals surface area contributed by atoms with E-state index in [1.165, 1.54) is 5.56 Å². The summed E-state index contributed by atoms with van der Waals surface area (Å²) in [7, 11) is -3.66. The number of morpholine rings is 1. The first kappa shape index (κ1) is 23.5. The number of halogens is 1. The number of anilines is 1. The minimum Gasteiger partial charge on any atom is -0.379 e. The van der Waals surface area contributed by atoms with Crippen LogP contribution in [0.25, 0.3) is 0 Å². The van der Waals surface area contributed by atoms with E-state index in [0.717, 1.165) is 49.0 Å². The molecule has 0 aliphatic carbocycles. The maximum absolute atomic E-state index is 12.7. The number of ether oxygens (including phenoxy) is 1. The van der Waals surface area contributed by atoms with Crippen molar-refractivity contribution in [2.24, 2.45) is 0 Å². The molecule has 0 aromatic heterocycles. The molecule has 2 aromatic rings. The molecule has 1 saturated heterocycles. The molecule has 0 saturated carbocycles. The number of nitrogens with one attached hydrogen (secondary N) is 1. The predicted molar refractivity (Wildman–Crippen MR) is 123 cm³/mol. The summed E-state index contributed by atoms with van der Waals surface area (Å²) in [6.45, 7) is 6.15. The average molecular weight is 466 g/mol. The number of rotatable bonds is 8. The summed E-state index contributed by atoms with van der Waals surface area (Å²) in [5.41, 5.74) is 2.54. The molecule has 1 atom stereocenters. The predicted octanol–water partition coefficient (Wildman–Crippen LogP) is 2.64. The molecule has 1 amide bonds. The molecule has 9 heteroatoms. The van der Waals surface area contributed by atoms with Crippen molar-refractivity contribution in [1.82, 2.24) is 10.2 Å². The van der Waals surface area contributed by atoms with Crippen LogP contribution in [0.5, 0.6) is 0 Å². The van der Waals surface area contributed by atoms with Gasteiger partial charge in [-0.15, -0.1) is 0 Å². The molecule has 168 valence electrons. The van der Waals surface area contributed by atoms with Crippen LogP contribution >= 0.6 is 11.6 Å². The van der Waals surface area contributed by atoms with Crippen molar-refractivity contribution in [2.45, 2.75) is 26.1 Å². The second kappa shape index (κ2) is 10.5. The highest BCUT2D eigenvalue weighted by atomic mass is 35.5. The van der Waals surface area contributed by atoms with Gasteiger partial charge in [0.05, 0.1) is 25.2 Å². The van der Waals surface area contributed by atoms with Gasteiger partial charge in [0, 0.05) is 31.2 Å². The van der Waals surface area contributed by atoms with Gasteiger partial charge in [-0.2, -0.15) is 0 Å². The van der Waals surface area contributed by atoms with Gasteiger partial charge in [-0.05, 0) is 42.3 Å². The van der Waals surface area contributed by atoms with E-state index >= 15 is 0 Å². The van der Waals surface area contributed by atoms with Gasteiger partial charge >= 0.3 is 0 Å². The number of sulfonamides is 1. The minimum absolute atomic E-state index is 0.319. The summed E-state index contributed by atoms with van der Waals surface area (Å²) < 4.78 is 31.2. The van der Waals surface area contributed by atoms with Crippen molar-refractivity contribution in [3.8, 4) is 0 Å². The monoisotopic (exact) mass is 465 g/mol. The third kappa shape index (κ3) is 6.67. The summed E-state index contributed by atoms with van der Waals surface area (Å²) in [6, 6.07) is 13.5. The van der Waals surface area contributed by atoms with E-state index < -0.39 is 16.1 Å². The van der Waals surface area contributed by atoms with Gasteiger partial charge in [-0.1, -0.05) is 35.9 Å². The molecule has 3 rings (SSSR count). The van der Waals surface area contributed by atoms with Gasteiger partial charge in [0.15, 0.2) is 0 Å². The lowest BCUT2D eigenvalue weighted by molar-refractivity contribution is -0.122. The molecule has 1 heterocycles. The second-order valence-electron chi connectivity index (χ2n) is 7.63. The normalized spacial score (nSPS) is 16.0. The van der Waals surface area contributed by atoms with Crippen LogP contribution < -0.4 is 9.62 Å². The highest BCUT2D eigenvalue weighted by molar-refractivity contribution is 7.92. The van der Waals surface area contributed by atoms with Crippen molar-refractivity contribution in [2.75, 3.05) is 36.9 Å². The third-order valence-electron chi connectivity index (χ3n) is 5.17. The number of hydrogen-bond acceptors (Lipinski definition) is 5. The minimum atomic E-state index is -3.66. The van der Waals surface area contributed by atoms with Crippen LogP contribution in [0.2, 0.25) is 5.02 Å². The zero-order chi connectivity index (χ0) is 22.4. The summed E-state index contributed by atoms with van der Waals surface area (Å²) in [5, 5.41) is 3.33. The molecule has 0 unspecified atom stereocenters. The van der Waals surface area contributed by atoms with Crippen molar-refractivity contribution >= 4 is 33.2 Å². The Morgan fingerprint density at radius 2 is 1.68 bits per heavy atom. The number of nitrogens with zero attached hydrogens (tertiary/aromatic N) is 2. The average Bonchev–Trinajstić information content (AvgIpc) is 2.74. The lowest BCUT2D eigenvalue weighted by atomic mass is 10.1. The fourth-order valence-electron chi connectivity index (χ4n) is 3.51. The lowest BCUT2D eigenvalue weighted by Gasteiger charge is -2.28. The third-order valence-corrected chi connectivity index (χ3v) is 6.66. The summed E-state index contributed by atoms with van der Waals surface area (Å²) in [5.74, 6) is -0.377. The number of carbonyl (C=O) groups is 1. The zero-order valence-electron chi connectivity index (χ0n) is 17.8. The van der Waals surface area contributed by atoms with E-state index in [-0.39, 0.29) is 5.91 Å². The van der Waals surface area contributed by atoms with Crippen LogP contribution in [0.3, 0.4) is 0 Å². The molecule has 7 nitrogen and oxygen atoms in total. The first-order valence-electron chi connectivity index (χ1n) is 10.1. The highest BCUT2D eigenvalue weighted by Crippen LogP contribution is 2.23. The van der Waals surface area contributed by atoms with Crippen LogP contribution in [0.4, 0.5) is 5.69 Å². The SMILES string of the molecule is C[C@@H](C(=O)NCc1ccc(CN2CCOCC2)cc1)N(c1ccc(Cl)cc1)S(C)(=O)=O. The molecule has 1 fully saturated rings. The molecule has 0 radical (unpaired) electrons. The van der Waals surface area contributed by atoms with Gasteiger partial charge in [-0.25, -0.2) is 8.42 Å². The summed E-state index contributed by atoms with van der Waals surface area (Å²) >= 11 is 5.90. The van der Waals surface area contributed by atoms with Crippen molar-refractivity contribution in [1.29, 1.82) is 0 Å². The van der Waals surface area contributed by atoms with Gasteiger partial charge in [0.2, 0.25) is 15.9 Å². The van der Waals surface area contributed by atoms with Crippen molar-refractivity contribution in [3.63, 3.8) is 0 Å². The van der Waals surface area contributed by atoms with Crippen LogP contribution in [0.15, 0.2) is 48.5 Å². The summed E-state index contributed by atoms with van der Waals surface area (Å²) in [6.07, 6.45) is 1.08. The Bertz CT molecular complexity index is 975. The molecular weight excluding hydrogens is 438 g/mol. The van der Waals surface area contributed by atoms with Crippen molar-refractivity contribution < 1.29 is 17.9 Å². The van der Waals surface area contributed by atoms with E-state index in [0.29, 0.717) is 17.3 Å². The molecule has 31 heavy (non-hydrogen) atoms. The Morgan fingerprint density at radius 1 is 1.10 bits per heavy atom. The van der Waals surface area contributed by atoms with E-state index in [1.54, 1.807) is 31.2 Å². The van der Waals surface area contributed by atoms with E-state index in [9.17, 15) is 13.2 Å². The van der Waals surface area contributed by atoms with Gasteiger partial charge in [0.1, 0.15) is 6.04 Å². The van der Waals surface area contributed by atoms with Crippen LogP contribution in [0.1, 0.15) is 18.1 Å². The Balaban J connectivity index is 1.60. The smallest absolute Gasteiger partial charge is 0.243 e. The van der Waals surface area contributed by atoms with E-state index in [2.05, 4.69) is 22.3 Å². The van der Waals surface area contributed by atoms with Crippen LogP contribution in [-0.2, 0) is 32.6 Å². The van der Waals surface area contributed by atoms with Gasteiger partial charge < -0.3 is 10.1 Å². The quantitative estimate of drug-likeness (QED) is 0.648. The number of carbonyl (C=O) groups excluding carboxylic acids is 1. The maximum atomic E-state index is 12.7. The molecule has 0 bridgehead atoms. The number of amides is 1. The molecule has 1 N–H and O–H groups in total. The van der Waals surface area contributed by atoms with Crippen molar-refractivity contribution in [3.05, 3.63) is 64.7 Å². The Hall–Kier alpha value is -2.13. The van der Waals surface area contributed by atoms with Gasteiger partial charge in [-0.3, -0.25) is 14.0 Å². The first-order valence-corrected chi connectivity index (χ1v) is 12.4. The Morgan fingerprint density at radius 3 is 2.26 bits per heavy atom. The Kier molecular flexibility index (Phi) is 7.94. The molecule has 2 aromatic carbocycles. The molecule has 0 spiro atoms. The number of hydrogen-bond donors (Lipinski definition) is 1. The molecule has 1 aliphatic rings. The fraction of sp³-hybridized carbons (Fsp3) is 0.409. The lowest BCUT2D eigenvalue weighted by Crippen LogP contribution is -2.47.